The molecule has 6 nitrogen and oxygen atoms in total. The number of ether oxygens (including phenoxy) is 2. The van der Waals surface area contributed by atoms with E-state index in [1.54, 1.807) is 17.9 Å². The first-order valence-electron chi connectivity index (χ1n) is 8.00. The summed E-state index contributed by atoms with van der Waals surface area (Å²) in [6.45, 7) is 8.15. The van der Waals surface area contributed by atoms with Gasteiger partial charge in [-0.2, -0.15) is 0 Å². The van der Waals surface area contributed by atoms with Gasteiger partial charge < -0.3 is 9.47 Å². The van der Waals surface area contributed by atoms with Crippen molar-refractivity contribution in [3.8, 4) is 5.75 Å². The highest BCUT2D eigenvalue weighted by atomic mass is 32.2. The number of aromatic nitrogens is 2. The molecule has 132 valence electrons. The van der Waals surface area contributed by atoms with Crippen LogP contribution in [-0.2, 0) is 11.8 Å². The predicted octanol–water partition coefficient (Wildman–Crippen LogP) is 2.93. The lowest BCUT2D eigenvalue weighted by Gasteiger charge is -2.37. The van der Waals surface area contributed by atoms with Gasteiger partial charge in [0.15, 0.2) is 5.17 Å². The number of hydrogen-bond acceptors (Lipinski definition) is 5. The summed E-state index contributed by atoms with van der Waals surface area (Å²) in [7, 11) is 1.71. The lowest BCUT2D eigenvalue weighted by molar-refractivity contribution is -0.120. The fourth-order valence-corrected chi connectivity index (χ4v) is 2.84. The monoisotopic (exact) mass is 351 g/mol. The van der Waals surface area contributed by atoms with Crippen LogP contribution in [0.2, 0.25) is 0 Å². The smallest absolute Gasteiger partial charge is 0.335 e. The largest absolute Gasteiger partial charge is 0.493 e. The second-order valence-corrected chi connectivity index (χ2v) is 6.72. The molecular formula is C17H25N3O3S. The molecule has 0 amide bonds. The van der Waals surface area contributed by atoms with E-state index in [1.807, 2.05) is 32.0 Å². The van der Waals surface area contributed by atoms with E-state index < -0.39 is 0 Å². The molecule has 7 heteroatoms. The molecule has 1 aromatic carbocycles. The van der Waals surface area contributed by atoms with Crippen molar-refractivity contribution in [1.29, 1.82) is 5.41 Å². The molecule has 0 aliphatic carbocycles. The number of rotatable bonds is 3. The molecule has 0 atom stereocenters. The van der Waals surface area contributed by atoms with Crippen molar-refractivity contribution in [2.45, 2.75) is 20.8 Å². The Morgan fingerprint density at radius 3 is 2.58 bits per heavy atom. The summed E-state index contributed by atoms with van der Waals surface area (Å²) < 4.78 is 14.0. The van der Waals surface area contributed by atoms with Crippen molar-refractivity contribution >= 4 is 28.0 Å². The van der Waals surface area contributed by atoms with Gasteiger partial charge in [0.1, 0.15) is 5.75 Å². The molecular weight excluding hydrogens is 326 g/mol. The topological polar surface area (TPSA) is 69.2 Å². The van der Waals surface area contributed by atoms with Crippen LogP contribution in [0.25, 0.3) is 11.0 Å². The van der Waals surface area contributed by atoms with Crippen LogP contribution < -0.4 is 10.4 Å². The van der Waals surface area contributed by atoms with Crippen LogP contribution in [0.15, 0.2) is 23.0 Å². The van der Waals surface area contributed by atoms with Gasteiger partial charge in [0.05, 0.1) is 30.9 Å². The number of aryl methyl sites for hydroxylation is 1. The molecule has 2 aromatic rings. The van der Waals surface area contributed by atoms with Crippen LogP contribution in [0.4, 0.5) is 0 Å². The minimum absolute atomic E-state index is 0.0771. The molecule has 1 fully saturated rings. The van der Waals surface area contributed by atoms with Crippen LogP contribution in [-0.4, -0.2) is 40.4 Å². The molecule has 24 heavy (non-hydrogen) atoms. The quantitative estimate of drug-likeness (QED) is 0.682. The maximum atomic E-state index is 12.3. The first kappa shape index (κ1) is 18.6. The van der Waals surface area contributed by atoms with Gasteiger partial charge in [0, 0.05) is 18.5 Å². The van der Waals surface area contributed by atoms with Crippen molar-refractivity contribution in [2.75, 3.05) is 26.1 Å². The lowest BCUT2D eigenvalue weighted by atomic mass is 9.90. The molecule has 2 heterocycles. The van der Waals surface area contributed by atoms with Crippen molar-refractivity contribution in [1.82, 2.24) is 9.13 Å². The normalized spacial score (nSPS) is 15.4. The standard InChI is InChI=1S/C15H19N3O3S.C2H6/c1-15(7-20-8-15)9-21-10-4-5-11-12(6-10)17(2)14(19)18(11)13(16)22-3;1-2/h4-6,16H,7-9H2,1-3H3;1-2H3. The highest BCUT2D eigenvalue weighted by molar-refractivity contribution is 8.13. The number of hydrogen-bond donors (Lipinski definition) is 1. The van der Waals surface area contributed by atoms with E-state index in [1.165, 1.54) is 16.3 Å². The zero-order valence-electron chi connectivity index (χ0n) is 14.9. The summed E-state index contributed by atoms with van der Waals surface area (Å²) in [5.41, 5.74) is 1.34. The summed E-state index contributed by atoms with van der Waals surface area (Å²) in [5.74, 6) is 0.726. The van der Waals surface area contributed by atoms with Crippen LogP contribution >= 0.6 is 11.8 Å². The zero-order valence-corrected chi connectivity index (χ0v) is 15.7. The molecule has 0 unspecified atom stereocenters. The van der Waals surface area contributed by atoms with E-state index in [-0.39, 0.29) is 16.3 Å². The highest BCUT2D eigenvalue weighted by Gasteiger charge is 2.34. The van der Waals surface area contributed by atoms with Gasteiger partial charge in [-0.1, -0.05) is 32.5 Å². The Balaban J connectivity index is 0.00000100. The SMILES string of the molecule is CC.CSC(=N)n1c(=O)n(C)c2cc(OCC3(C)COC3)ccc21. The van der Waals surface area contributed by atoms with Crippen molar-refractivity contribution in [3.05, 3.63) is 28.7 Å². The van der Waals surface area contributed by atoms with Gasteiger partial charge in [-0.05, 0) is 18.4 Å². The second-order valence-electron chi connectivity index (χ2n) is 5.93. The van der Waals surface area contributed by atoms with Gasteiger partial charge in [-0.3, -0.25) is 9.98 Å². The number of fused-ring (bicyclic) bond motifs is 1. The van der Waals surface area contributed by atoms with Gasteiger partial charge in [0.2, 0.25) is 0 Å². The Morgan fingerprint density at radius 1 is 1.38 bits per heavy atom. The third kappa shape index (κ3) is 3.37. The van der Waals surface area contributed by atoms with Gasteiger partial charge in [-0.25, -0.2) is 9.36 Å². The van der Waals surface area contributed by atoms with Crippen LogP contribution in [0.1, 0.15) is 20.8 Å². The maximum absolute atomic E-state index is 12.3. The van der Waals surface area contributed by atoms with Crippen molar-refractivity contribution in [2.24, 2.45) is 12.5 Å². The average Bonchev–Trinajstić information content (AvgIpc) is 2.83. The second kappa shape index (κ2) is 7.44. The minimum Gasteiger partial charge on any atom is -0.493 e. The number of thioether (sulfide) groups is 1. The van der Waals surface area contributed by atoms with E-state index in [2.05, 4.69) is 6.92 Å². The zero-order chi connectivity index (χ0) is 17.9. The Labute approximate surface area is 146 Å². The molecule has 1 aliphatic heterocycles. The number of benzene rings is 1. The van der Waals surface area contributed by atoms with E-state index in [4.69, 9.17) is 14.9 Å². The van der Waals surface area contributed by atoms with E-state index in [0.29, 0.717) is 6.61 Å². The van der Waals surface area contributed by atoms with Crippen LogP contribution in [0, 0.1) is 10.8 Å². The average molecular weight is 351 g/mol. The first-order chi connectivity index (χ1) is 11.4. The minimum atomic E-state index is -0.217. The van der Waals surface area contributed by atoms with Crippen molar-refractivity contribution < 1.29 is 9.47 Å². The van der Waals surface area contributed by atoms with Crippen molar-refractivity contribution in [3.63, 3.8) is 0 Å². The summed E-state index contributed by atoms with van der Waals surface area (Å²) in [6.07, 6.45) is 1.78. The molecule has 0 spiro atoms. The van der Waals surface area contributed by atoms with Crippen LogP contribution in [0.5, 0.6) is 5.75 Å². The third-order valence-electron chi connectivity index (χ3n) is 3.91. The van der Waals surface area contributed by atoms with Crippen LogP contribution in [0.3, 0.4) is 0 Å². The molecule has 0 saturated carbocycles. The molecule has 0 radical (unpaired) electrons. The molecule has 1 aromatic heterocycles. The number of nitrogens with one attached hydrogen (secondary N) is 1. The maximum Gasteiger partial charge on any atom is 0.335 e. The fraction of sp³-hybridized carbons (Fsp3) is 0.529. The number of nitrogens with zero attached hydrogens (tertiary/aromatic N) is 2. The molecule has 1 saturated heterocycles. The molecule has 1 N–H and O–H groups in total. The third-order valence-corrected chi connectivity index (χ3v) is 4.48. The molecule has 0 bridgehead atoms. The highest BCUT2D eigenvalue weighted by Crippen LogP contribution is 2.28. The Morgan fingerprint density at radius 2 is 2.04 bits per heavy atom. The Hall–Kier alpha value is -1.73. The lowest BCUT2D eigenvalue weighted by Crippen LogP contribution is -2.44. The Kier molecular flexibility index (Phi) is 5.77. The molecule has 3 rings (SSSR count). The molecule has 1 aliphatic rings. The van der Waals surface area contributed by atoms with Gasteiger partial charge in [0.25, 0.3) is 0 Å². The van der Waals surface area contributed by atoms with Gasteiger partial charge >= 0.3 is 5.69 Å². The Bertz CT molecular complexity index is 790. The fourth-order valence-electron chi connectivity index (χ4n) is 2.49. The number of imidazole rings is 1. The summed E-state index contributed by atoms with van der Waals surface area (Å²) in [4.78, 5) is 12.3. The van der Waals surface area contributed by atoms with Gasteiger partial charge in [-0.15, -0.1) is 0 Å². The summed E-state index contributed by atoms with van der Waals surface area (Å²) >= 11 is 1.24. The summed E-state index contributed by atoms with van der Waals surface area (Å²) in [5, 5.41) is 8.14. The van der Waals surface area contributed by atoms with E-state index in [9.17, 15) is 4.79 Å². The first-order valence-corrected chi connectivity index (χ1v) is 9.23. The summed E-state index contributed by atoms with van der Waals surface area (Å²) in [6, 6.07) is 5.52. The van der Waals surface area contributed by atoms with E-state index >= 15 is 0 Å². The van der Waals surface area contributed by atoms with E-state index in [0.717, 1.165) is 30.0 Å². The predicted molar refractivity (Wildman–Crippen MR) is 99.6 cm³/mol.